The molecule has 2 aliphatic rings. The Bertz CT molecular complexity index is 2750. The fourth-order valence-electron chi connectivity index (χ4n) is 7.41. The Morgan fingerprint density at radius 2 is 1.29 bits per heavy atom. The van der Waals surface area contributed by atoms with Crippen LogP contribution in [0.4, 0.5) is 4.32 Å². The minimum absolute atomic E-state index is 0.0171. The SMILES string of the molecule is CC(C)(C)c1ccc(C2=C3C=c4oc5cc6ccccc6cc5c4=[N+]3B(F)n3c2cc2oc4cc5ccccc5cc4c23)cc1. The summed E-state index contributed by atoms with van der Waals surface area (Å²) in [5.74, 6) is 0. The number of nitrogens with zero attached hydrogens (tertiary/aromatic N) is 2. The van der Waals surface area contributed by atoms with Crippen molar-refractivity contribution in [3.63, 3.8) is 0 Å². The van der Waals surface area contributed by atoms with Crippen LogP contribution in [0.2, 0.25) is 0 Å². The summed E-state index contributed by atoms with van der Waals surface area (Å²) in [6, 6.07) is 35.5. The summed E-state index contributed by atoms with van der Waals surface area (Å²) in [5, 5.41) is 6.92. The lowest BCUT2D eigenvalue weighted by atomic mass is 9.84. The van der Waals surface area contributed by atoms with Crippen molar-refractivity contribution in [2.45, 2.75) is 26.2 Å². The second-order valence-electron chi connectivity index (χ2n) is 13.3. The lowest BCUT2D eigenvalue weighted by molar-refractivity contribution is 0.574. The summed E-state index contributed by atoms with van der Waals surface area (Å²) in [5.41, 5.74) is 8.41. The second-order valence-corrected chi connectivity index (χ2v) is 13.3. The van der Waals surface area contributed by atoms with Gasteiger partial charge in [-0.3, -0.25) is 4.48 Å². The summed E-state index contributed by atoms with van der Waals surface area (Å²) in [6.07, 6.45) is 2.00. The number of aromatic nitrogens is 1. The molecule has 0 bridgehead atoms. The topological polar surface area (TPSA) is 34.2 Å². The first-order valence-electron chi connectivity index (χ1n) is 15.4. The second kappa shape index (κ2) is 8.42. The van der Waals surface area contributed by atoms with Crippen LogP contribution in [0.25, 0.3) is 66.2 Å². The molecule has 2 aliphatic heterocycles. The fraction of sp³-hybridized carbons (Fsp3) is 0.103. The zero-order valence-corrected chi connectivity index (χ0v) is 25.1. The normalized spacial score (nSPS) is 14.7. The lowest BCUT2D eigenvalue weighted by Gasteiger charge is -2.21. The molecule has 0 radical (unpaired) electrons. The van der Waals surface area contributed by atoms with Gasteiger partial charge in [-0.1, -0.05) is 93.6 Å². The maximum Gasteiger partial charge on any atom is 0.847 e. The first kappa shape index (κ1) is 25.0. The van der Waals surface area contributed by atoms with Gasteiger partial charge in [0.25, 0.3) is 0 Å². The van der Waals surface area contributed by atoms with Crippen molar-refractivity contribution in [2.24, 2.45) is 0 Å². The number of hydrogen-bond donors (Lipinski definition) is 0. The molecule has 214 valence electrons. The maximum absolute atomic E-state index is 17.5. The quantitative estimate of drug-likeness (QED) is 0.182. The first-order valence-corrected chi connectivity index (χ1v) is 15.4. The molecule has 0 atom stereocenters. The molecule has 5 heterocycles. The highest BCUT2D eigenvalue weighted by Gasteiger charge is 2.51. The van der Waals surface area contributed by atoms with E-state index in [1.165, 1.54) is 5.56 Å². The molecule has 0 saturated heterocycles. The van der Waals surface area contributed by atoms with E-state index in [1.54, 1.807) is 0 Å². The van der Waals surface area contributed by atoms with E-state index in [4.69, 9.17) is 8.83 Å². The van der Waals surface area contributed by atoms with Crippen LogP contribution in [0.3, 0.4) is 0 Å². The smallest absolute Gasteiger partial charge is 0.454 e. The van der Waals surface area contributed by atoms with Crippen LogP contribution in [0.1, 0.15) is 37.6 Å². The molecule has 0 amide bonds. The van der Waals surface area contributed by atoms with Crippen molar-refractivity contribution in [3.8, 4) is 0 Å². The Labute approximate surface area is 257 Å². The van der Waals surface area contributed by atoms with Crippen LogP contribution >= 0.6 is 0 Å². The van der Waals surface area contributed by atoms with E-state index in [-0.39, 0.29) is 5.41 Å². The van der Waals surface area contributed by atoms with Crippen LogP contribution in [0.15, 0.2) is 118 Å². The first-order chi connectivity index (χ1) is 21.8. The molecule has 0 aliphatic carbocycles. The van der Waals surface area contributed by atoms with E-state index in [0.29, 0.717) is 11.0 Å². The van der Waals surface area contributed by atoms with E-state index in [0.717, 1.165) is 76.9 Å². The molecule has 0 saturated carbocycles. The highest BCUT2D eigenvalue weighted by Crippen LogP contribution is 2.42. The standard InChI is InChI=1S/C39H27BFN2O2/c1-39(2,3)27-14-12-22(13-15-27)36-30-20-34-37(28-16-23-8-4-6-10-25(23)18-32(28)44-34)42(30)40(41)43-31(36)21-35-38(43)29-17-24-9-5-7-11-26(24)19-33(29)45-35/h4-21H,1-3H3/q+1. The van der Waals surface area contributed by atoms with Crippen molar-refractivity contribution in [2.75, 3.05) is 0 Å². The van der Waals surface area contributed by atoms with Gasteiger partial charge in [0.05, 0.1) is 28.2 Å². The molecule has 4 nitrogen and oxygen atoms in total. The highest BCUT2D eigenvalue weighted by atomic mass is 19.1. The van der Waals surface area contributed by atoms with Crippen LogP contribution in [0, 0.1) is 0 Å². The third kappa shape index (κ3) is 3.34. The molecule has 0 N–H and O–H groups in total. The molecule has 0 fully saturated rings. The molecular formula is C39H27BFN2O2+. The summed E-state index contributed by atoms with van der Waals surface area (Å²) in [6.45, 7) is 6.64. The number of fused-ring (bicyclic) bond motifs is 11. The Morgan fingerprint density at radius 3 is 1.93 bits per heavy atom. The van der Waals surface area contributed by atoms with Gasteiger partial charge in [0.2, 0.25) is 10.8 Å². The summed E-state index contributed by atoms with van der Waals surface area (Å²) < 4.78 is 34.0. The molecule has 0 unspecified atom stereocenters. The molecule has 45 heavy (non-hydrogen) atoms. The Balaban J connectivity index is 1.33. The Morgan fingerprint density at radius 1 is 0.689 bits per heavy atom. The zero-order valence-electron chi connectivity index (χ0n) is 25.1. The largest absolute Gasteiger partial charge is 0.847 e. The van der Waals surface area contributed by atoms with Crippen molar-refractivity contribution in [1.82, 2.24) is 8.96 Å². The monoisotopic (exact) mass is 585 g/mol. The Hall–Kier alpha value is -5.36. The summed E-state index contributed by atoms with van der Waals surface area (Å²) >= 11 is 0. The van der Waals surface area contributed by atoms with Crippen LogP contribution < -0.4 is 15.3 Å². The predicted octanol–water partition coefficient (Wildman–Crippen LogP) is 8.30. The van der Waals surface area contributed by atoms with Crippen molar-refractivity contribution in [1.29, 1.82) is 0 Å². The van der Waals surface area contributed by atoms with Gasteiger partial charge < -0.3 is 8.83 Å². The molecule has 3 aromatic heterocycles. The number of hydrogen-bond acceptors (Lipinski definition) is 2. The van der Waals surface area contributed by atoms with Crippen molar-refractivity contribution >= 4 is 73.5 Å². The van der Waals surface area contributed by atoms with Crippen molar-refractivity contribution in [3.05, 3.63) is 136 Å². The van der Waals surface area contributed by atoms with Crippen LogP contribution in [-0.2, 0) is 5.41 Å². The van der Waals surface area contributed by atoms with Crippen LogP contribution in [0.5, 0.6) is 0 Å². The lowest BCUT2D eigenvalue weighted by Crippen LogP contribution is -2.47. The molecule has 0 spiro atoms. The van der Waals surface area contributed by atoms with E-state index >= 15 is 4.32 Å². The summed E-state index contributed by atoms with van der Waals surface area (Å²) in [7, 11) is -1.51. The number of rotatable bonds is 1. The summed E-state index contributed by atoms with van der Waals surface area (Å²) in [4.78, 5) is 0. The number of halogens is 1. The van der Waals surface area contributed by atoms with Gasteiger partial charge in [-0.05, 0) is 62.4 Å². The predicted molar refractivity (Wildman–Crippen MR) is 181 cm³/mol. The number of allylic oxidation sites excluding steroid dienone is 1. The molecule has 10 rings (SSSR count). The number of furan rings is 2. The van der Waals surface area contributed by atoms with Gasteiger partial charge in [-0.15, -0.1) is 0 Å². The number of benzene rings is 5. The van der Waals surface area contributed by atoms with Gasteiger partial charge >= 0.3 is 7.26 Å². The van der Waals surface area contributed by atoms with E-state index < -0.39 is 7.26 Å². The minimum Gasteiger partial charge on any atom is -0.454 e. The zero-order chi connectivity index (χ0) is 30.2. The Kier molecular flexibility index (Phi) is 4.68. The van der Waals surface area contributed by atoms with Gasteiger partial charge in [0.1, 0.15) is 11.2 Å². The van der Waals surface area contributed by atoms with E-state index in [2.05, 4.69) is 93.6 Å². The molecular weight excluding hydrogens is 558 g/mol. The van der Waals surface area contributed by atoms with Gasteiger partial charge in [-0.25, -0.2) is 8.80 Å². The van der Waals surface area contributed by atoms with Crippen LogP contribution in [-0.4, -0.2) is 11.7 Å². The maximum atomic E-state index is 17.5. The third-order valence-electron chi connectivity index (χ3n) is 9.63. The minimum atomic E-state index is -1.51. The van der Waals surface area contributed by atoms with Gasteiger partial charge in [0, 0.05) is 11.5 Å². The van der Waals surface area contributed by atoms with Gasteiger partial charge in [0.15, 0.2) is 11.3 Å². The average molecular weight is 585 g/mol. The fourth-order valence-corrected chi connectivity index (χ4v) is 7.41. The van der Waals surface area contributed by atoms with Crippen molar-refractivity contribution < 1.29 is 13.1 Å². The third-order valence-corrected chi connectivity index (χ3v) is 9.63. The molecule has 8 aromatic rings. The highest BCUT2D eigenvalue weighted by molar-refractivity contribution is 6.52. The van der Waals surface area contributed by atoms with Gasteiger partial charge in [-0.2, -0.15) is 0 Å². The molecule has 5 aromatic carbocycles. The van der Waals surface area contributed by atoms with E-state index in [1.807, 2.05) is 45.4 Å². The average Bonchev–Trinajstić information content (AvgIpc) is 3.76. The molecule has 6 heteroatoms. The van der Waals surface area contributed by atoms with E-state index in [9.17, 15) is 0 Å².